The first-order valence-electron chi connectivity index (χ1n) is 5.42. The van der Waals surface area contributed by atoms with E-state index in [1.54, 1.807) is 6.92 Å². The van der Waals surface area contributed by atoms with Crippen LogP contribution in [0.5, 0.6) is 0 Å². The maximum absolute atomic E-state index is 11.7. The van der Waals surface area contributed by atoms with Gasteiger partial charge in [0.25, 0.3) is 0 Å². The van der Waals surface area contributed by atoms with Gasteiger partial charge in [0.15, 0.2) is 5.78 Å². The highest BCUT2D eigenvalue weighted by Crippen LogP contribution is 2.10. The number of aliphatic hydroxyl groups is 1. The average molecular weight is 241 g/mol. The van der Waals surface area contributed by atoms with Crippen molar-refractivity contribution in [1.29, 1.82) is 0 Å². The first-order chi connectivity index (χ1) is 7.43. The number of thiophene rings is 1. The molecule has 1 unspecified atom stereocenters. The molecule has 0 aliphatic heterocycles. The van der Waals surface area contributed by atoms with E-state index in [4.69, 9.17) is 0 Å². The summed E-state index contributed by atoms with van der Waals surface area (Å²) in [6.07, 6.45) is 0.0242. The third-order valence-corrected chi connectivity index (χ3v) is 3.50. The standard InChI is InChI=1S/C12H19NO2S/c1-9(14)12(2,3)13-6-4-11(15)10-5-7-16-8-10/h5,7-9,13-14H,4,6H2,1-3H3. The maximum Gasteiger partial charge on any atom is 0.164 e. The molecule has 1 aromatic rings. The summed E-state index contributed by atoms with van der Waals surface area (Å²) in [7, 11) is 0. The molecule has 4 heteroatoms. The largest absolute Gasteiger partial charge is 0.392 e. The smallest absolute Gasteiger partial charge is 0.164 e. The highest BCUT2D eigenvalue weighted by molar-refractivity contribution is 7.08. The predicted octanol–water partition coefficient (Wildman–Crippen LogP) is 2.07. The van der Waals surface area contributed by atoms with Crippen LogP contribution in [0.2, 0.25) is 0 Å². The van der Waals surface area contributed by atoms with E-state index in [0.717, 1.165) is 5.56 Å². The highest BCUT2D eigenvalue weighted by atomic mass is 32.1. The van der Waals surface area contributed by atoms with Crippen molar-refractivity contribution in [3.05, 3.63) is 22.4 Å². The number of nitrogens with one attached hydrogen (secondary N) is 1. The molecule has 0 aromatic carbocycles. The first kappa shape index (κ1) is 13.4. The number of carbonyl (C=O) groups is 1. The van der Waals surface area contributed by atoms with Crippen molar-refractivity contribution in [3.8, 4) is 0 Å². The van der Waals surface area contributed by atoms with Crippen molar-refractivity contribution in [1.82, 2.24) is 5.32 Å². The Morgan fingerprint density at radius 1 is 1.62 bits per heavy atom. The molecule has 0 fully saturated rings. The summed E-state index contributed by atoms with van der Waals surface area (Å²) in [5.74, 6) is 0.148. The molecule has 0 aliphatic rings. The second-order valence-corrected chi connectivity index (χ2v) is 5.29. The lowest BCUT2D eigenvalue weighted by Gasteiger charge is -2.29. The van der Waals surface area contributed by atoms with Crippen molar-refractivity contribution < 1.29 is 9.90 Å². The van der Waals surface area contributed by atoms with Crippen LogP contribution >= 0.6 is 11.3 Å². The number of ketones is 1. The molecule has 0 spiro atoms. The van der Waals surface area contributed by atoms with Gasteiger partial charge < -0.3 is 10.4 Å². The van der Waals surface area contributed by atoms with Gasteiger partial charge in [-0.25, -0.2) is 0 Å². The number of carbonyl (C=O) groups excluding carboxylic acids is 1. The van der Waals surface area contributed by atoms with Crippen molar-refractivity contribution in [2.24, 2.45) is 0 Å². The quantitative estimate of drug-likeness (QED) is 0.750. The van der Waals surface area contributed by atoms with E-state index in [-0.39, 0.29) is 11.3 Å². The minimum Gasteiger partial charge on any atom is -0.392 e. The fourth-order valence-corrected chi connectivity index (χ4v) is 1.87. The van der Waals surface area contributed by atoms with Gasteiger partial charge in [0.05, 0.1) is 6.10 Å². The van der Waals surface area contributed by atoms with Crippen molar-refractivity contribution >= 4 is 17.1 Å². The van der Waals surface area contributed by atoms with Gasteiger partial charge in [0.2, 0.25) is 0 Å². The third-order valence-electron chi connectivity index (χ3n) is 2.82. The minimum absolute atomic E-state index is 0.148. The Labute approximate surface area is 100 Å². The summed E-state index contributed by atoms with van der Waals surface area (Å²) in [5, 5.41) is 16.4. The van der Waals surface area contributed by atoms with Crippen LogP contribution in [-0.4, -0.2) is 29.1 Å². The van der Waals surface area contributed by atoms with Crippen LogP contribution in [0.15, 0.2) is 16.8 Å². The van der Waals surface area contributed by atoms with Crippen molar-refractivity contribution in [2.75, 3.05) is 6.54 Å². The van der Waals surface area contributed by atoms with Gasteiger partial charge in [-0.15, -0.1) is 0 Å². The Hall–Kier alpha value is -0.710. The molecule has 3 nitrogen and oxygen atoms in total. The normalized spacial score (nSPS) is 13.8. The fraction of sp³-hybridized carbons (Fsp3) is 0.583. The van der Waals surface area contributed by atoms with Crippen LogP contribution in [0.25, 0.3) is 0 Å². The Morgan fingerprint density at radius 2 is 2.31 bits per heavy atom. The van der Waals surface area contributed by atoms with E-state index in [1.165, 1.54) is 11.3 Å². The Bertz CT molecular complexity index is 331. The molecule has 0 saturated heterocycles. The lowest BCUT2D eigenvalue weighted by Crippen LogP contribution is -2.48. The molecule has 1 rings (SSSR count). The highest BCUT2D eigenvalue weighted by Gasteiger charge is 2.23. The van der Waals surface area contributed by atoms with Crippen LogP contribution < -0.4 is 5.32 Å². The van der Waals surface area contributed by atoms with Gasteiger partial charge >= 0.3 is 0 Å². The van der Waals surface area contributed by atoms with Crippen molar-refractivity contribution in [3.63, 3.8) is 0 Å². The lowest BCUT2D eigenvalue weighted by atomic mass is 9.98. The monoisotopic (exact) mass is 241 g/mol. The second-order valence-electron chi connectivity index (χ2n) is 4.51. The molecule has 0 saturated carbocycles. The predicted molar refractivity (Wildman–Crippen MR) is 67.0 cm³/mol. The van der Waals surface area contributed by atoms with E-state index >= 15 is 0 Å². The molecular formula is C12H19NO2S. The summed E-state index contributed by atoms with van der Waals surface area (Å²) < 4.78 is 0. The Kier molecular flexibility index (Phi) is 4.65. The number of hydrogen-bond acceptors (Lipinski definition) is 4. The number of hydrogen-bond donors (Lipinski definition) is 2. The topological polar surface area (TPSA) is 49.3 Å². The summed E-state index contributed by atoms with van der Waals surface area (Å²) in [5.41, 5.74) is 0.427. The first-order valence-corrected chi connectivity index (χ1v) is 6.36. The molecule has 2 N–H and O–H groups in total. The molecular weight excluding hydrogens is 222 g/mol. The van der Waals surface area contributed by atoms with E-state index in [0.29, 0.717) is 13.0 Å². The molecule has 16 heavy (non-hydrogen) atoms. The zero-order valence-electron chi connectivity index (χ0n) is 9.99. The van der Waals surface area contributed by atoms with Crippen LogP contribution in [0.3, 0.4) is 0 Å². The molecule has 1 aromatic heterocycles. The van der Waals surface area contributed by atoms with Crippen LogP contribution in [0.1, 0.15) is 37.6 Å². The fourth-order valence-electron chi connectivity index (χ4n) is 1.21. The van der Waals surface area contributed by atoms with Crippen LogP contribution in [-0.2, 0) is 0 Å². The second kappa shape index (κ2) is 5.57. The van der Waals surface area contributed by atoms with E-state index < -0.39 is 6.10 Å². The molecule has 0 aliphatic carbocycles. The average Bonchev–Trinajstić information content (AvgIpc) is 2.69. The zero-order valence-corrected chi connectivity index (χ0v) is 10.8. The molecule has 0 amide bonds. The van der Waals surface area contributed by atoms with Gasteiger partial charge in [0, 0.05) is 29.4 Å². The molecule has 90 valence electrons. The number of rotatable bonds is 6. The summed E-state index contributed by atoms with van der Waals surface area (Å²) in [6.45, 7) is 6.18. The maximum atomic E-state index is 11.7. The van der Waals surface area contributed by atoms with E-state index in [9.17, 15) is 9.90 Å². The van der Waals surface area contributed by atoms with E-state index in [2.05, 4.69) is 5.32 Å². The van der Waals surface area contributed by atoms with Crippen LogP contribution in [0, 0.1) is 0 Å². The van der Waals surface area contributed by atoms with Crippen LogP contribution in [0.4, 0.5) is 0 Å². The third kappa shape index (κ3) is 3.70. The van der Waals surface area contributed by atoms with Gasteiger partial charge in [-0.2, -0.15) is 11.3 Å². The minimum atomic E-state index is -0.441. The number of Topliss-reactive ketones (excluding diaryl/α,β-unsaturated/α-hetero) is 1. The zero-order chi connectivity index (χ0) is 12.2. The summed E-state index contributed by atoms with van der Waals surface area (Å²) >= 11 is 1.53. The van der Waals surface area contributed by atoms with Crippen molar-refractivity contribution in [2.45, 2.75) is 38.8 Å². The Balaban J connectivity index is 2.34. The molecule has 1 atom stereocenters. The van der Waals surface area contributed by atoms with E-state index in [1.807, 2.05) is 30.7 Å². The summed E-state index contributed by atoms with van der Waals surface area (Å²) in [6, 6.07) is 1.84. The lowest BCUT2D eigenvalue weighted by molar-refractivity contribution is 0.0901. The molecule has 0 bridgehead atoms. The molecule has 0 radical (unpaired) electrons. The van der Waals surface area contributed by atoms with Gasteiger partial charge in [0.1, 0.15) is 0 Å². The van der Waals surface area contributed by atoms with Gasteiger partial charge in [-0.1, -0.05) is 0 Å². The van der Waals surface area contributed by atoms with Gasteiger partial charge in [-0.3, -0.25) is 4.79 Å². The summed E-state index contributed by atoms with van der Waals surface area (Å²) in [4.78, 5) is 11.7. The van der Waals surface area contributed by atoms with Gasteiger partial charge in [-0.05, 0) is 32.2 Å². The Morgan fingerprint density at radius 3 is 2.81 bits per heavy atom. The SMILES string of the molecule is CC(O)C(C)(C)NCCC(=O)c1ccsc1. The number of aliphatic hydroxyl groups excluding tert-OH is 1. The molecule has 1 heterocycles.